The van der Waals surface area contributed by atoms with Gasteiger partial charge in [0.15, 0.2) is 11.5 Å². The summed E-state index contributed by atoms with van der Waals surface area (Å²) < 4.78 is 68.9. The summed E-state index contributed by atoms with van der Waals surface area (Å²) >= 11 is 6.23. The van der Waals surface area contributed by atoms with Crippen molar-refractivity contribution in [2.75, 3.05) is 38.2 Å². The fraction of sp³-hybridized carbons (Fsp3) is 0.296. The summed E-state index contributed by atoms with van der Waals surface area (Å²) in [5.74, 6) is -1.00. The van der Waals surface area contributed by atoms with Crippen molar-refractivity contribution in [3.63, 3.8) is 0 Å². The molecule has 0 atom stereocenters. The lowest BCUT2D eigenvalue weighted by molar-refractivity contribution is -0.127. The molecule has 38 heavy (non-hydrogen) atoms. The lowest BCUT2D eigenvalue weighted by Crippen LogP contribution is -2.39. The molecular weight excluding hydrogens is 538 g/mol. The number of rotatable bonds is 10. The Balaban J connectivity index is 1.82. The second kappa shape index (κ2) is 11.6. The van der Waals surface area contributed by atoms with Gasteiger partial charge in [-0.2, -0.15) is 0 Å². The number of sulfonamides is 1. The van der Waals surface area contributed by atoms with Crippen LogP contribution in [0.4, 0.5) is 14.5 Å². The van der Waals surface area contributed by atoms with Crippen molar-refractivity contribution in [3.05, 3.63) is 82.4 Å². The highest BCUT2D eigenvalue weighted by Crippen LogP contribution is 2.35. The number of amides is 1. The highest BCUT2D eigenvalue weighted by molar-refractivity contribution is 7.92. The number of hydrogen-bond acceptors (Lipinski definition) is 5. The first-order valence-electron chi connectivity index (χ1n) is 11.9. The van der Waals surface area contributed by atoms with Crippen LogP contribution in [0.25, 0.3) is 0 Å². The Kier molecular flexibility index (Phi) is 8.42. The Morgan fingerprint density at radius 1 is 1.00 bits per heavy atom. The summed E-state index contributed by atoms with van der Waals surface area (Å²) in [4.78, 5) is 13.8. The Morgan fingerprint density at radius 2 is 1.71 bits per heavy atom. The minimum atomic E-state index is -4.24. The van der Waals surface area contributed by atoms with Crippen LogP contribution in [-0.2, 0) is 21.2 Å². The highest BCUT2D eigenvalue weighted by Gasteiger charge is 2.30. The predicted octanol–water partition coefficient (Wildman–Crippen LogP) is 5.04. The normalized spacial score (nSPS) is 13.6. The number of halogens is 3. The van der Waals surface area contributed by atoms with E-state index in [4.69, 9.17) is 21.1 Å². The van der Waals surface area contributed by atoms with Gasteiger partial charge in [0.1, 0.15) is 11.6 Å². The van der Waals surface area contributed by atoms with E-state index in [0.29, 0.717) is 30.7 Å². The zero-order valence-electron chi connectivity index (χ0n) is 20.9. The van der Waals surface area contributed by atoms with Crippen LogP contribution >= 0.6 is 11.6 Å². The molecule has 1 fully saturated rings. The number of methoxy groups -OCH3 is 2. The zero-order chi connectivity index (χ0) is 27.4. The average molecular weight is 565 g/mol. The Hall–Kier alpha value is -3.37. The van der Waals surface area contributed by atoms with E-state index in [2.05, 4.69) is 0 Å². The second-order valence-electron chi connectivity index (χ2n) is 8.73. The third kappa shape index (κ3) is 5.71. The molecule has 1 aliphatic heterocycles. The number of carbonyl (C=O) groups excluding carboxylic acids is 1. The van der Waals surface area contributed by atoms with Crippen molar-refractivity contribution < 1.29 is 31.5 Å². The molecule has 202 valence electrons. The van der Waals surface area contributed by atoms with Crippen LogP contribution < -0.4 is 13.8 Å². The number of carbonyl (C=O) groups is 1. The van der Waals surface area contributed by atoms with Crippen LogP contribution in [0.3, 0.4) is 0 Å². The highest BCUT2D eigenvalue weighted by atomic mass is 35.5. The first-order valence-corrected chi connectivity index (χ1v) is 13.7. The maximum atomic E-state index is 14.5. The first kappa shape index (κ1) is 27.7. The number of nitrogens with zero attached hydrogens (tertiary/aromatic N) is 2. The van der Waals surface area contributed by atoms with Crippen molar-refractivity contribution >= 4 is 33.2 Å². The van der Waals surface area contributed by atoms with E-state index >= 15 is 0 Å². The summed E-state index contributed by atoms with van der Waals surface area (Å²) in [5.41, 5.74) is 0.283. The standard InChI is InChI=1S/C27H27ClF2N2O5S/c1-36-25-11-9-20(17-26(25)37-2)38(34,35)32(14-13-31-12-4-7-27(31)33)24-10-8-19(28)15-18(24)16-21-22(29)5-3-6-23(21)30/h3,5-6,8-11,15,17H,4,7,12-14,16H2,1-2H3. The largest absolute Gasteiger partial charge is 0.493 e. The Morgan fingerprint density at radius 3 is 2.34 bits per heavy atom. The molecule has 4 rings (SSSR count). The Bertz CT molecular complexity index is 1430. The smallest absolute Gasteiger partial charge is 0.264 e. The van der Waals surface area contributed by atoms with E-state index in [1.807, 2.05) is 0 Å². The monoisotopic (exact) mass is 564 g/mol. The molecule has 0 unspecified atom stereocenters. The quantitative estimate of drug-likeness (QED) is 0.345. The van der Waals surface area contributed by atoms with E-state index < -0.39 is 21.7 Å². The summed E-state index contributed by atoms with van der Waals surface area (Å²) in [6, 6.07) is 12.2. The minimum absolute atomic E-state index is 0.0572. The van der Waals surface area contributed by atoms with Crippen LogP contribution in [0.5, 0.6) is 11.5 Å². The second-order valence-corrected chi connectivity index (χ2v) is 11.0. The molecule has 1 heterocycles. The average Bonchev–Trinajstić information content (AvgIpc) is 3.31. The topological polar surface area (TPSA) is 76.2 Å². The van der Waals surface area contributed by atoms with Gasteiger partial charge in [-0.1, -0.05) is 17.7 Å². The lowest BCUT2D eigenvalue weighted by Gasteiger charge is -2.29. The molecule has 11 heteroatoms. The molecule has 0 radical (unpaired) electrons. The fourth-order valence-corrected chi connectivity index (χ4v) is 6.16. The third-order valence-corrected chi connectivity index (χ3v) is 8.47. The van der Waals surface area contributed by atoms with Crippen molar-refractivity contribution in [2.45, 2.75) is 24.2 Å². The van der Waals surface area contributed by atoms with Crippen molar-refractivity contribution in [1.29, 1.82) is 0 Å². The van der Waals surface area contributed by atoms with E-state index in [0.717, 1.165) is 16.4 Å². The molecule has 1 saturated heterocycles. The van der Waals surface area contributed by atoms with E-state index in [-0.39, 0.29) is 52.3 Å². The molecule has 0 aliphatic carbocycles. The fourth-order valence-electron chi connectivity index (χ4n) is 4.46. The van der Waals surface area contributed by atoms with Gasteiger partial charge >= 0.3 is 0 Å². The molecule has 1 amide bonds. The van der Waals surface area contributed by atoms with Crippen LogP contribution in [0, 0.1) is 11.6 Å². The maximum Gasteiger partial charge on any atom is 0.264 e. The molecule has 3 aromatic carbocycles. The summed E-state index contributed by atoms with van der Waals surface area (Å²) in [7, 11) is -1.41. The predicted molar refractivity (Wildman–Crippen MR) is 141 cm³/mol. The van der Waals surface area contributed by atoms with Crippen LogP contribution in [-0.4, -0.2) is 53.1 Å². The van der Waals surface area contributed by atoms with Gasteiger partial charge in [-0.05, 0) is 54.4 Å². The van der Waals surface area contributed by atoms with Crippen molar-refractivity contribution in [2.24, 2.45) is 0 Å². The number of benzene rings is 3. The summed E-state index contributed by atoms with van der Waals surface area (Å²) in [6.07, 6.45) is 0.857. The Labute approximate surface area is 225 Å². The van der Waals surface area contributed by atoms with Gasteiger partial charge in [-0.15, -0.1) is 0 Å². The number of likely N-dealkylation sites (tertiary alicyclic amines) is 1. The molecule has 0 bridgehead atoms. The zero-order valence-corrected chi connectivity index (χ0v) is 22.5. The minimum Gasteiger partial charge on any atom is -0.493 e. The van der Waals surface area contributed by atoms with Crippen molar-refractivity contribution in [1.82, 2.24) is 4.90 Å². The van der Waals surface area contributed by atoms with Gasteiger partial charge < -0.3 is 14.4 Å². The van der Waals surface area contributed by atoms with Gasteiger partial charge in [0, 0.05) is 42.6 Å². The molecule has 0 spiro atoms. The van der Waals surface area contributed by atoms with Gasteiger partial charge in [0.25, 0.3) is 10.0 Å². The summed E-state index contributed by atoms with van der Waals surface area (Å²) in [6.45, 7) is 0.579. The number of ether oxygens (including phenoxy) is 2. The van der Waals surface area contributed by atoms with E-state index in [1.54, 1.807) is 4.90 Å². The third-order valence-electron chi connectivity index (χ3n) is 6.43. The molecule has 1 aliphatic rings. The van der Waals surface area contributed by atoms with Gasteiger partial charge in [0.2, 0.25) is 5.91 Å². The number of anilines is 1. The molecule has 3 aromatic rings. The number of hydrogen-bond donors (Lipinski definition) is 0. The molecule has 0 N–H and O–H groups in total. The summed E-state index contributed by atoms with van der Waals surface area (Å²) in [5, 5.41) is 0.277. The van der Waals surface area contributed by atoms with Gasteiger partial charge in [-0.25, -0.2) is 17.2 Å². The molecule has 0 saturated carbocycles. The van der Waals surface area contributed by atoms with Crippen LogP contribution in [0.15, 0.2) is 59.5 Å². The lowest BCUT2D eigenvalue weighted by atomic mass is 10.0. The molecule has 7 nitrogen and oxygen atoms in total. The van der Waals surface area contributed by atoms with E-state index in [9.17, 15) is 22.0 Å². The van der Waals surface area contributed by atoms with Gasteiger partial charge in [0.05, 0.1) is 31.3 Å². The van der Waals surface area contributed by atoms with Crippen LogP contribution in [0.2, 0.25) is 5.02 Å². The van der Waals surface area contributed by atoms with Gasteiger partial charge in [-0.3, -0.25) is 9.10 Å². The van der Waals surface area contributed by atoms with Crippen molar-refractivity contribution in [3.8, 4) is 11.5 Å². The van der Waals surface area contributed by atoms with Crippen LogP contribution in [0.1, 0.15) is 24.0 Å². The maximum absolute atomic E-state index is 14.5. The SMILES string of the molecule is COc1ccc(S(=O)(=O)N(CCN2CCCC2=O)c2ccc(Cl)cc2Cc2c(F)cccc2F)cc1OC. The van der Waals surface area contributed by atoms with E-state index in [1.165, 1.54) is 56.7 Å². The molecule has 0 aromatic heterocycles. The molecular formula is C27H27ClF2N2O5S. The first-order chi connectivity index (χ1) is 18.1.